The molecule has 6 heteroatoms. The predicted octanol–water partition coefficient (Wildman–Crippen LogP) is 3.31. The van der Waals surface area contributed by atoms with Crippen molar-refractivity contribution in [1.82, 2.24) is 19.7 Å². The van der Waals surface area contributed by atoms with Crippen LogP contribution < -0.4 is 5.56 Å². The summed E-state index contributed by atoms with van der Waals surface area (Å²) in [6, 6.07) is 9.50. The Balaban J connectivity index is 2.08. The summed E-state index contributed by atoms with van der Waals surface area (Å²) in [4.78, 5) is 21.8. The van der Waals surface area contributed by atoms with Crippen LogP contribution in [0, 0.1) is 6.92 Å². The molecule has 0 aliphatic rings. The van der Waals surface area contributed by atoms with Crippen LogP contribution in [0.15, 0.2) is 58.3 Å². The zero-order valence-electron chi connectivity index (χ0n) is 13.9. The van der Waals surface area contributed by atoms with Gasteiger partial charge < -0.3 is 4.52 Å². The Kier molecular flexibility index (Phi) is 3.65. The molecule has 0 unspecified atom stereocenters. The highest BCUT2D eigenvalue weighted by molar-refractivity contribution is 5.96. The minimum atomic E-state index is -0.126. The van der Waals surface area contributed by atoms with E-state index < -0.39 is 0 Å². The maximum absolute atomic E-state index is 13.3. The van der Waals surface area contributed by atoms with Gasteiger partial charge in [-0.15, -0.1) is 0 Å². The molecule has 0 fully saturated rings. The van der Waals surface area contributed by atoms with Crippen LogP contribution in [0.25, 0.3) is 27.7 Å². The van der Waals surface area contributed by atoms with Gasteiger partial charge in [0.2, 0.25) is 0 Å². The van der Waals surface area contributed by atoms with Crippen molar-refractivity contribution in [2.75, 3.05) is 0 Å². The number of pyridine rings is 1. The maximum Gasteiger partial charge on any atom is 0.265 e. The SMILES string of the molecule is CCc1cc2cccc(-c3cnc(C)nc3)c2c(=O)n1-c1ccon1. The summed E-state index contributed by atoms with van der Waals surface area (Å²) in [5.74, 6) is 1.18. The van der Waals surface area contributed by atoms with Crippen LogP contribution in [0.4, 0.5) is 0 Å². The Morgan fingerprint density at radius 3 is 2.64 bits per heavy atom. The lowest BCUT2D eigenvalue weighted by Crippen LogP contribution is -2.22. The molecule has 0 spiro atoms. The van der Waals surface area contributed by atoms with E-state index in [1.165, 1.54) is 6.26 Å². The van der Waals surface area contributed by atoms with Crippen LogP contribution >= 0.6 is 0 Å². The molecule has 3 aromatic heterocycles. The molecule has 6 nitrogen and oxygen atoms in total. The van der Waals surface area contributed by atoms with E-state index in [2.05, 4.69) is 15.1 Å². The highest BCUT2D eigenvalue weighted by Gasteiger charge is 2.15. The van der Waals surface area contributed by atoms with Gasteiger partial charge in [-0.05, 0) is 30.4 Å². The number of rotatable bonds is 3. The fraction of sp³-hybridized carbons (Fsp3) is 0.158. The fourth-order valence-electron chi connectivity index (χ4n) is 3.02. The summed E-state index contributed by atoms with van der Waals surface area (Å²) in [5, 5.41) is 5.45. The van der Waals surface area contributed by atoms with Gasteiger partial charge in [0.15, 0.2) is 5.82 Å². The third-order valence-electron chi connectivity index (χ3n) is 4.23. The Morgan fingerprint density at radius 1 is 1.16 bits per heavy atom. The Labute approximate surface area is 143 Å². The highest BCUT2D eigenvalue weighted by Crippen LogP contribution is 2.27. The van der Waals surface area contributed by atoms with Gasteiger partial charge in [0, 0.05) is 29.7 Å². The maximum atomic E-state index is 13.3. The van der Waals surface area contributed by atoms with Gasteiger partial charge in [0.05, 0.1) is 5.39 Å². The second-order valence-corrected chi connectivity index (χ2v) is 5.78. The van der Waals surface area contributed by atoms with Crippen molar-refractivity contribution in [2.24, 2.45) is 0 Å². The number of aryl methyl sites for hydroxylation is 2. The molecule has 0 saturated heterocycles. The van der Waals surface area contributed by atoms with Crippen molar-refractivity contribution < 1.29 is 4.52 Å². The zero-order chi connectivity index (χ0) is 17.4. The van der Waals surface area contributed by atoms with Crippen LogP contribution in [0.5, 0.6) is 0 Å². The number of benzene rings is 1. The average molecular weight is 332 g/mol. The molecular formula is C19H16N4O2. The molecule has 0 atom stereocenters. The second kappa shape index (κ2) is 5.98. The van der Waals surface area contributed by atoms with E-state index in [0.717, 1.165) is 22.2 Å². The van der Waals surface area contributed by atoms with Crippen LogP contribution in [0.2, 0.25) is 0 Å². The minimum Gasteiger partial charge on any atom is -0.363 e. The topological polar surface area (TPSA) is 73.8 Å². The Bertz CT molecular complexity index is 1100. The molecule has 0 aliphatic heterocycles. The molecule has 4 rings (SSSR count). The highest BCUT2D eigenvalue weighted by atomic mass is 16.5. The summed E-state index contributed by atoms with van der Waals surface area (Å²) in [7, 11) is 0. The molecule has 0 bridgehead atoms. The van der Waals surface area contributed by atoms with Gasteiger partial charge in [0.25, 0.3) is 5.56 Å². The van der Waals surface area contributed by atoms with E-state index in [1.54, 1.807) is 23.0 Å². The Morgan fingerprint density at radius 2 is 1.96 bits per heavy atom. The quantitative estimate of drug-likeness (QED) is 0.575. The third kappa shape index (κ3) is 2.52. The molecule has 0 saturated carbocycles. The van der Waals surface area contributed by atoms with Crippen LogP contribution in [0.3, 0.4) is 0 Å². The summed E-state index contributed by atoms with van der Waals surface area (Å²) in [5.41, 5.74) is 2.37. The van der Waals surface area contributed by atoms with Crippen molar-refractivity contribution in [3.8, 4) is 16.9 Å². The second-order valence-electron chi connectivity index (χ2n) is 5.78. The molecule has 3 heterocycles. The predicted molar refractivity (Wildman–Crippen MR) is 94.7 cm³/mol. The molecule has 124 valence electrons. The summed E-state index contributed by atoms with van der Waals surface area (Å²) >= 11 is 0. The molecule has 1 aromatic carbocycles. The number of fused-ring (bicyclic) bond motifs is 1. The van der Waals surface area contributed by atoms with Crippen molar-refractivity contribution in [3.05, 3.63) is 70.9 Å². The van der Waals surface area contributed by atoms with Crippen molar-refractivity contribution in [2.45, 2.75) is 20.3 Å². The first-order valence-electron chi connectivity index (χ1n) is 8.06. The van der Waals surface area contributed by atoms with Gasteiger partial charge in [-0.1, -0.05) is 30.3 Å². The van der Waals surface area contributed by atoms with E-state index >= 15 is 0 Å². The minimum absolute atomic E-state index is 0.126. The van der Waals surface area contributed by atoms with E-state index in [4.69, 9.17) is 4.52 Å². The molecule has 0 radical (unpaired) electrons. The zero-order valence-corrected chi connectivity index (χ0v) is 13.9. The molecule has 4 aromatic rings. The normalized spacial score (nSPS) is 11.1. The van der Waals surface area contributed by atoms with Crippen LogP contribution in [-0.4, -0.2) is 19.7 Å². The molecule has 0 aliphatic carbocycles. The lowest BCUT2D eigenvalue weighted by molar-refractivity contribution is 0.416. The number of nitrogens with zero attached hydrogens (tertiary/aromatic N) is 4. The van der Waals surface area contributed by atoms with Gasteiger partial charge in [-0.25, -0.2) is 9.97 Å². The third-order valence-corrected chi connectivity index (χ3v) is 4.23. The molecule has 25 heavy (non-hydrogen) atoms. The smallest absolute Gasteiger partial charge is 0.265 e. The van der Waals surface area contributed by atoms with Gasteiger partial charge in [0.1, 0.15) is 12.1 Å². The first-order chi connectivity index (χ1) is 12.2. The largest absolute Gasteiger partial charge is 0.363 e. The molecule has 0 amide bonds. The van der Waals surface area contributed by atoms with E-state index in [1.807, 2.05) is 38.1 Å². The van der Waals surface area contributed by atoms with Gasteiger partial charge >= 0.3 is 0 Å². The molecular weight excluding hydrogens is 316 g/mol. The Hall–Kier alpha value is -3.28. The van der Waals surface area contributed by atoms with Gasteiger partial charge in [-0.2, -0.15) is 0 Å². The first-order valence-corrected chi connectivity index (χ1v) is 8.06. The number of aromatic nitrogens is 4. The fourth-order valence-corrected chi connectivity index (χ4v) is 3.02. The lowest BCUT2D eigenvalue weighted by Gasteiger charge is -2.13. The van der Waals surface area contributed by atoms with Crippen LogP contribution in [0.1, 0.15) is 18.4 Å². The standard InChI is InChI=1S/C19H16N4O2/c1-3-15-9-13-5-4-6-16(14-10-20-12(2)21-11-14)18(13)19(24)23(15)17-7-8-25-22-17/h4-11H,3H2,1-2H3. The van der Waals surface area contributed by atoms with E-state index in [0.29, 0.717) is 23.4 Å². The van der Waals surface area contributed by atoms with Gasteiger partial charge in [-0.3, -0.25) is 9.36 Å². The lowest BCUT2D eigenvalue weighted by atomic mass is 10.0. The van der Waals surface area contributed by atoms with E-state index in [9.17, 15) is 4.79 Å². The number of hydrogen-bond acceptors (Lipinski definition) is 5. The number of hydrogen-bond donors (Lipinski definition) is 0. The average Bonchev–Trinajstić information content (AvgIpc) is 3.15. The van der Waals surface area contributed by atoms with Crippen molar-refractivity contribution in [3.63, 3.8) is 0 Å². The summed E-state index contributed by atoms with van der Waals surface area (Å²) in [6.07, 6.45) is 5.65. The summed E-state index contributed by atoms with van der Waals surface area (Å²) in [6.45, 7) is 3.84. The molecule has 0 N–H and O–H groups in total. The first kappa shape index (κ1) is 15.3. The summed E-state index contributed by atoms with van der Waals surface area (Å²) < 4.78 is 6.54. The van der Waals surface area contributed by atoms with Crippen molar-refractivity contribution in [1.29, 1.82) is 0 Å². The monoisotopic (exact) mass is 332 g/mol. The van der Waals surface area contributed by atoms with E-state index in [-0.39, 0.29) is 5.56 Å². The van der Waals surface area contributed by atoms with Crippen molar-refractivity contribution >= 4 is 10.8 Å². The van der Waals surface area contributed by atoms with Crippen LogP contribution in [-0.2, 0) is 6.42 Å².